The predicted molar refractivity (Wildman–Crippen MR) is 104 cm³/mol. The first-order valence-electron chi connectivity index (χ1n) is 9.83. The third kappa shape index (κ3) is 4.67. The van der Waals surface area contributed by atoms with E-state index < -0.39 is 5.97 Å². The standard InChI is InChI=1S/C22H31NO3/c1-15(2)5-4-8-26-21-7-6-17-10-19(16(3)9-18(17)11-21)12-23-13-20(14-23)22(24)25/h6-7,10-11,15-16,20H,4-5,8-9,12-14H2,1-3H3,(H,24,25)/t16-/m1/s1. The second kappa shape index (κ2) is 8.26. The number of carboxylic acids is 1. The molecule has 1 aromatic rings. The van der Waals surface area contributed by atoms with E-state index in [1.165, 1.54) is 23.1 Å². The molecule has 1 heterocycles. The fourth-order valence-corrected chi connectivity index (χ4v) is 3.79. The maximum Gasteiger partial charge on any atom is 0.309 e. The zero-order chi connectivity index (χ0) is 18.7. The molecule has 1 aromatic carbocycles. The fraction of sp³-hybridized carbons (Fsp3) is 0.591. The lowest BCUT2D eigenvalue weighted by atomic mass is 9.83. The van der Waals surface area contributed by atoms with E-state index in [-0.39, 0.29) is 5.92 Å². The Morgan fingerprint density at radius 1 is 1.35 bits per heavy atom. The first kappa shape index (κ1) is 19.0. The summed E-state index contributed by atoms with van der Waals surface area (Å²) in [6, 6.07) is 6.43. The van der Waals surface area contributed by atoms with Crippen LogP contribution in [0.5, 0.6) is 5.75 Å². The Labute approximate surface area is 156 Å². The van der Waals surface area contributed by atoms with Gasteiger partial charge in [0.25, 0.3) is 0 Å². The van der Waals surface area contributed by atoms with Gasteiger partial charge in [-0.05, 0) is 54.4 Å². The van der Waals surface area contributed by atoms with Gasteiger partial charge in [0.1, 0.15) is 5.75 Å². The van der Waals surface area contributed by atoms with Crippen LogP contribution >= 0.6 is 0 Å². The molecule has 4 nitrogen and oxygen atoms in total. The van der Waals surface area contributed by atoms with Crippen molar-refractivity contribution < 1.29 is 14.6 Å². The number of benzene rings is 1. The zero-order valence-electron chi connectivity index (χ0n) is 16.2. The van der Waals surface area contributed by atoms with Gasteiger partial charge in [-0.25, -0.2) is 0 Å². The van der Waals surface area contributed by atoms with Crippen molar-refractivity contribution in [3.05, 3.63) is 34.9 Å². The van der Waals surface area contributed by atoms with Gasteiger partial charge in [-0.15, -0.1) is 0 Å². The molecule has 0 saturated carbocycles. The van der Waals surface area contributed by atoms with Crippen molar-refractivity contribution in [3.63, 3.8) is 0 Å². The van der Waals surface area contributed by atoms with E-state index in [0.717, 1.165) is 37.7 Å². The van der Waals surface area contributed by atoms with Crippen molar-refractivity contribution in [2.75, 3.05) is 26.2 Å². The molecule has 0 aromatic heterocycles. The molecule has 1 aliphatic heterocycles. The number of fused-ring (bicyclic) bond motifs is 1. The second-order valence-corrected chi connectivity index (χ2v) is 8.30. The molecular formula is C22H31NO3. The smallest absolute Gasteiger partial charge is 0.309 e. The Bertz CT molecular complexity index is 674. The van der Waals surface area contributed by atoms with Gasteiger partial charge in [0, 0.05) is 19.6 Å². The van der Waals surface area contributed by atoms with E-state index in [9.17, 15) is 4.79 Å². The number of aliphatic carboxylic acids is 1. The molecule has 1 aliphatic carbocycles. The average molecular weight is 357 g/mol. The molecule has 1 saturated heterocycles. The van der Waals surface area contributed by atoms with Gasteiger partial charge in [0.15, 0.2) is 0 Å². The number of hydrogen-bond acceptors (Lipinski definition) is 3. The highest BCUT2D eigenvalue weighted by Gasteiger charge is 2.33. The Morgan fingerprint density at radius 2 is 2.12 bits per heavy atom. The lowest BCUT2D eigenvalue weighted by molar-refractivity contribution is -0.147. The monoisotopic (exact) mass is 357 g/mol. The normalized spacial score (nSPS) is 20.5. The van der Waals surface area contributed by atoms with Crippen molar-refractivity contribution in [2.24, 2.45) is 17.8 Å². The third-order valence-electron chi connectivity index (χ3n) is 5.52. The van der Waals surface area contributed by atoms with Gasteiger partial charge < -0.3 is 9.84 Å². The molecule has 0 amide bonds. The maximum absolute atomic E-state index is 11.0. The van der Waals surface area contributed by atoms with Crippen molar-refractivity contribution in [1.29, 1.82) is 0 Å². The van der Waals surface area contributed by atoms with E-state index in [4.69, 9.17) is 9.84 Å². The lowest BCUT2D eigenvalue weighted by Crippen LogP contribution is -2.51. The number of hydrogen-bond donors (Lipinski definition) is 1. The van der Waals surface area contributed by atoms with E-state index in [1.807, 2.05) is 0 Å². The maximum atomic E-state index is 11.0. The van der Waals surface area contributed by atoms with Gasteiger partial charge in [0.2, 0.25) is 0 Å². The molecule has 142 valence electrons. The van der Waals surface area contributed by atoms with Crippen molar-refractivity contribution in [1.82, 2.24) is 4.90 Å². The first-order chi connectivity index (χ1) is 12.4. The molecule has 1 fully saturated rings. The van der Waals surface area contributed by atoms with E-state index in [0.29, 0.717) is 19.0 Å². The summed E-state index contributed by atoms with van der Waals surface area (Å²) >= 11 is 0. The van der Waals surface area contributed by atoms with Crippen LogP contribution in [-0.4, -0.2) is 42.2 Å². The summed E-state index contributed by atoms with van der Waals surface area (Å²) in [6.45, 7) is 9.77. The molecule has 0 spiro atoms. The Morgan fingerprint density at radius 3 is 2.81 bits per heavy atom. The summed E-state index contributed by atoms with van der Waals surface area (Å²) in [5, 5.41) is 9.02. The summed E-state index contributed by atoms with van der Waals surface area (Å²) in [5.74, 6) is 1.34. The molecule has 2 aliphatic rings. The molecule has 1 atom stereocenters. The first-order valence-corrected chi connectivity index (χ1v) is 9.83. The van der Waals surface area contributed by atoms with Gasteiger partial charge in [-0.2, -0.15) is 0 Å². The summed E-state index contributed by atoms with van der Waals surface area (Å²) in [7, 11) is 0. The minimum atomic E-state index is -0.668. The number of nitrogens with zero attached hydrogens (tertiary/aromatic N) is 1. The van der Waals surface area contributed by atoms with Crippen LogP contribution in [-0.2, 0) is 11.2 Å². The number of carboxylic acid groups (broad SMARTS) is 1. The SMILES string of the molecule is CC(C)CCCOc1ccc2c(c1)C[C@@H](C)C(CN1CC(C(=O)O)C1)=C2. The van der Waals surface area contributed by atoms with Crippen LogP contribution in [0.4, 0.5) is 0 Å². The van der Waals surface area contributed by atoms with Gasteiger partial charge in [-0.3, -0.25) is 9.69 Å². The molecule has 26 heavy (non-hydrogen) atoms. The second-order valence-electron chi connectivity index (χ2n) is 8.30. The van der Waals surface area contributed by atoms with Crippen LogP contribution in [0, 0.1) is 17.8 Å². The minimum Gasteiger partial charge on any atom is -0.494 e. The molecule has 0 radical (unpaired) electrons. The Hall–Kier alpha value is -1.81. The molecule has 0 unspecified atom stereocenters. The predicted octanol–water partition coefficient (Wildman–Crippen LogP) is 4.09. The summed E-state index contributed by atoms with van der Waals surface area (Å²) in [6.07, 6.45) is 5.62. The van der Waals surface area contributed by atoms with Gasteiger partial charge in [0.05, 0.1) is 12.5 Å². The van der Waals surface area contributed by atoms with E-state index in [2.05, 4.69) is 49.9 Å². The lowest BCUT2D eigenvalue weighted by Gasteiger charge is -2.38. The Kier molecular flexibility index (Phi) is 6.02. The quantitative estimate of drug-likeness (QED) is 0.712. The largest absolute Gasteiger partial charge is 0.494 e. The molecule has 0 bridgehead atoms. The fourth-order valence-electron chi connectivity index (χ4n) is 3.79. The molecule has 4 heteroatoms. The molecule has 1 N–H and O–H groups in total. The van der Waals surface area contributed by atoms with Crippen molar-refractivity contribution in [3.8, 4) is 5.75 Å². The zero-order valence-corrected chi connectivity index (χ0v) is 16.2. The van der Waals surface area contributed by atoms with Crippen LogP contribution in [0.15, 0.2) is 23.8 Å². The van der Waals surface area contributed by atoms with Crippen LogP contribution in [0.1, 0.15) is 44.7 Å². The van der Waals surface area contributed by atoms with Crippen molar-refractivity contribution in [2.45, 2.75) is 40.0 Å². The van der Waals surface area contributed by atoms with Crippen molar-refractivity contribution >= 4 is 12.0 Å². The summed E-state index contributed by atoms with van der Waals surface area (Å²) in [5.41, 5.74) is 4.05. The van der Waals surface area contributed by atoms with Crippen LogP contribution in [0.2, 0.25) is 0 Å². The van der Waals surface area contributed by atoms with E-state index in [1.54, 1.807) is 0 Å². The minimum absolute atomic E-state index is 0.183. The number of ether oxygens (including phenoxy) is 1. The molecular weight excluding hydrogens is 326 g/mol. The topological polar surface area (TPSA) is 49.8 Å². The number of rotatable bonds is 8. The van der Waals surface area contributed by atoms with E-state index >= 15 is 0 Å². The molecule has 3 rings (SSSR count). The number of carbonyl (C=O) groups is 1. The highest BCUT2D eigenvalue weighted by atomic mass is 16.5. The summed E-state index contributed by atoms with van der Waals surface area (Å²) in [4.78, 5) is 13.2. The van der Waals surface area contributed by atoms with Crippen LogP contribution in [0.25, 0.3) is 6.08 Å². The highest BCUT2D eigenvalue weighted by molar-refractivity contribution is 5.71. The average Bonchev–Trinajstić information content (AvgIpc) is 2.54. The summed E-state index contributed by atoms with van der Waals surface area (Å²) < 4.78 is 5.93. The van der Waals surface area contributed by atoms with Gasteiger partial charge >= 0.3 is 5.97 Å². The third-order valence-corrected chi connectivity index (χ3v) is 5.52. The number of likely N-dealkylation sites (tertiary alicyclic amines) is 1. The van der Waals surface area contributed by atoms with Gasteiger partial charge in [-0.1, -0.05) is 38.5 Å². The van der Waals surface area contributed by atoms with Crippen LogP contribution < -0.4 is 4.74 Å². The highest BCUT2D eigenvalue weighted by Crippen LogP contribution is 2.32. The van der Waals surface area contributed by atoms with Crippen LogP contribution in [0.3, 0.4) is 0 Å². The Balaban J connectivity index is 1.57.